The van der Waals surface area contributed by atoms with E-state index in [1.165, 1.54) is 63.5 Å². The Kier molecular flexibility index (Phi) is 23.9. The highest BCUT2D eigenvalue weighted by Crippen LogP contribution is 2.25. The number of hydrogen-bond donors (Lipinski definition) is 8. The van der Waals surface area contributed by atoms with Gasteiger partial charge in [0.05, 0.1) is 18.8 Å². The van der Waals surface area contributed by atoms with Gasteiger partial charge in [0.15, 0.2) is 0 Å². The van der Waals surface area contributed by atoms with Gasteiger partial charge in [0.2, 0.25) is 12.2 Å². The highest BCUT2D eigenvalue weighted by molar-refractivity contribution is 5.76. The fourth-order valence-corrected chi connectivity index (χ4v) is 7.51. The second kappa shape index (κ2) is 29.2. The maximum absolute atomic E-state index is 13.2. The molecule has 0 saturated carbocycles. The van der Waals surface area contributed by atoms with Gasteiger partial charge in [-0.05, 0) is 85.3 Å². The maximum atomic E-state index is 13.2. The molecule has 0 aromatic heterocycles. The van der Waals surface area contributed by atoms with Crippen LogP contribution in [0.1, 0.15) is 114 Å². The van der Waals surface area contributed by atoms with Crippen LogP contribution in [0.25, 0.3) is 0 Å². The van der Waals surface area contributed by atoms with E-state index in [1.807, 2.05) is 12.1 Å². The number of ether oxygens (including phenoxy) is 4. The molecule has 8 N–H and O–H groups in total. The molecule has 1 saturated heterocycles. The number of unbranched alkanes of at least 4 members (excludes halogenated alkanes) is 11. The highest BCUT2D eigenvalue weighted by Gasteiger charge is 2.44. The second-order valence-corrected chi connectivity index (χ2v) is 16.7. The van der Waals surface area contributed by atoms with Crippen molar-refractivity contribution >= 4 is 12.0 Å². The van der Waals surface area contributed by atoms with E-state index in [0.717, 1.165) is 30.4 Å². The van der Waals surface area contributed by atoms with Crippen LogP contribution in [0, 0.1) is 5.82 Å². The lowest BCUT2D eigenvalue weighted by molar-refractivity contribution is -0.277. The minimum absolute atomic E-state index is 0.129. The van der Waals surface area contributed by atoms with E-state index in [4.69, 9.17) is 18.9 Å². The Morgan fingerprint density at radius 1 is 0.703 bits per heavy atom. The molecule has 1 fully saturated rings. The van der Waals surface area contributed by atoms with Gasteiger partial charge in [-0.2, -0.15) is 0 Å². The third kappa shape index (κ3) is 19.0. The van der Waals surface area contributed by atoms with E-state index < -0.39 is 61.7 Å². The number of halogens is 1. The summed E-state index contributed by atoms with van der Waals surface area (Å²) < 4.78 is 35.4. The molecule has 8 atom stereocenters. The van der Waals surface area contributed by atoms with E-state index in [1.54, 1.807) is 48.5 Å². The summed E-state index contributed by atoms with van der Waals surface area (Å²) in [7, 11) is 0. The number of carbonyl (C=O) groups excluding carboxylic acids is 2. The van der Waals surface area contributed by atoms with Gasteiger partial charge < -0.3 is 60.2 Å². The van der Waals surface area contributed by atoms with E-state index in [9.17, 15) is 44.6 Å². The van der Waals surface area contributed by atoms with Gasteiger partial charge in [0, 0.05) is 13.0 Å². The standard InChI is InChI=1S/C49H71FN2O12/c1-2-3-4-5-6-7-8-9-10-11-12-13-16-41(54)44(56)40(52-43(55)17-14-15-34-18-24-37(25-19-34)62-38-28-22-36(50)23-29-38)33-61-49(60)51-31-30-35-20-26-39(27-21-35)63-48-47(59)46(58)45(57)42(32-53)64-48/h18-29,40-42,44-48,53-54,56-59H,2-17,30-33H2,1H3,(H,51,60)(H,52,55)/t40?,41-,42?,44+,45-,46+,47?,48+/m1/s1. The van der Waals surface area contributed by atoms with Crippen molar-refractivity contribution in [3.8, 4) is 17.2 Å². The van der Waals surface area contributed by atoms with Crippen LogP contribution < -0.4 is 20.1 Å². The first kappa shape index (κ1) is 52.3. The smallest absolute Gasteiger partial charge is 0.407 e. The molecule has 0 bridgehead atoms. The van der Waals surface area contributed by atoms with Crippen molar-refractivity contribution in [1.82, 2.24) is 10.6 Å². The monoisotopic (exact) mass is 898 g/mol. The number of hydrogen-bond acceptors (Lipinski definition) is 12. The number of rotatable bonds is 30. The molecule has 4 rings (SSSR count). The SMILES string of the molecule is CCCCCCCCCCCCCC[C@@H](O)[C@@H](O)C(COC(=O)NCCc1ccc(O[C@H]2OC(CO)[C@@H](O)[C@H](O)C2O)cc1)NC(=O)CCCc1ccc(Oc2ccc(F)cc2)cc1. The first-order valence-electron chi connectivity index (χ1n) is 23.1. The number of aliphatic hydroxyl groups excluding tert-OH is 6. The zero-order chi connectivity index (χ0) is 46.1. The molecule has 356 valence electrons. The van der Waals surface area contributed by atoms with Gasteiger partial charge in [-0.15, -0.1) is 0 Å². The Hall–Kier alpha value is -4.35. The van der Waals surface area contributed by atoms with Crippen molar-refractivity contribution < 1.29 is 63.6 Å². The topological polar surface area (TPSA) is 216 Å². The molecule has 2 amide bonds. The van der Waals surface area contributed by atoms with Gasteiger partial charge in [-0.3, -0.25) is 4.79 Å². The molecule has 15 heteroatoms. The van der Waals surface area contributed by atoms with Crippen molar-refractivity contribution in [2.75, 3.05) is 19.8 Å². The molecule has 0 radical (unpaired) electrons. The Labute approximate surface area is 377 Å². The molecule has 1 aliphatic rings. The molecular formula is C49H71FN2O12. The minimum Gasteiger partial charge on any atom is -0.462 e. The largest absolute Gasteiger partial charge is 0.462 e. The van der Waals surface area contributed by atoms with Crippen LogP contribution in [0.2, 0.25) is 0 Å². The Bertz CT molecular complexity index is 1730. The van der Waals surface area contributed by atoms with E-state index >= 15 is 0 Å². The molecular weight excluding hydrogens is 828 g/mol. The number of benzene rings is 3. The van der Waals surface area contributed by atoms with Gasteiger partial charge in [-0.25, -0.2) is 9.18 Å². The quantitative estimate of drug-likeness (QED) is 0.0342. The molecule has 0 aliphatic carbocycles. The fraction of sp³-hybridized carbons (Fsp3) is 0.592. The van der Waals surface area contributed by atoms with Crippen molar-refractivity contribution in [2.24, 2.45) is 0 Å². The normalized spacial score (nSPS) is 19.9. The summed E-state index contributed by atoms with van der Waals surface area (Å²) in [4.78, 5) is 25.9. The van der Waals surface area contributed by atoms with Crippen LogP contribution in [-0.4, -0.2) is 111 Å². The number of alkyl carbamates (subject to hydrolysis) is 1. The van der Waals surface area contributed by atoms with Crippen molar-refractivity contribution in [3.63, 3.8) is 0 Å². The summed E-state index contributed by atoms with van der Waals surface area (Å²) in [6.45, 7) is 1.47. The zero-order valence-corrected chi connectivity index (χ0v) is 37.2. The highest BCUT2D eigenvalue weighted by atomic mass is 19.1. The average Bonchev–Trinajstić information content (AvgIpc) is 3.29. The van der Waals surface area contributed by atoms with Crippen LogP contribution >= 0.6 is 0 Å². The van der Waals surface area contributed by atoms with Crippen LogP contribution in [0.4, 0.5) is 9.18 Å². The number of aliphatic hydroxyl groups is 6. The van der Waals surface area contributed by atoms with Crippen LogP contribution in [0.3, 0.4) is 0 Å². The first-order chi connectivity index (χ1) is 31.0. The van der Waals surface area contributed by atoms with Gasteiger partial charge in [-0.1, -0.05) is 108 Å². The van der Waals surface area contributed by atoms with Crippen molar-refractivity contribution in [2.45, 2.75) is 165 Å². The third-order valence-electron chi connectivity index (χ3n) is 11.4. The number of aryl methyl sites for hydroxylation is 1. The van der Waals surface area contributed by atoms with E-state index in [0.29, 0.717) is 49.4 Å². The summed E-state index contributed by atoms with van der Waals surface area (Å²) >= 11 is 0. The van der Waals surface area contributed by atoms with E-state index in [-0.39, 0.29) is 31.3 Å². The first-order valence-corrected chi connectivity index (χ1v) is 23.1. The molecule has 1 heterocycles. The summed E-state index contributed by atoms with van der Waals surface area (Å²) in [6, 6.07) is 18.7. The maximum Gasteiger partial charge on any atom is 0.407 e. The van der Waals surface area contributed by atoms with Gasteiger partial charge in [0.25, 0.3) is 0 Å². The third-order valence-corrected chi connectivity index (χ3v) is 11.4. The predicted octanol–water partition coefficient (Wildman–Crippen LogP) is 6.39. The Morgan fingerprint density at radius 2 is 1.25 bits per heavy atom. The summed E-state index contributed by atoms with van der Waals surface area (Å²) in [6.07, 6.45) is 5.66. The average molecular weight is 899 g/mol. The van der Waals surface area contributed by atoms with Crippen molar-refractivity contribution in [3.05, 3.63) is 89.7 Å². The Morgan fingerprint density at radius 3 is 1.84 bits per heavy atom. The van der Waals surface area contributed by atoms with Crippen LogP contribution in [0.5, 0.6) is 17.2 Å². The molecule has 3 aromatic carbocycles. The summed E-state index contributed by atoms with van der Waals surface area (Å²) in [5, 5.41) is 67.3. The number of amides is 2. The van der Waals surface area contributed by atoms with Gasteiger partial charge in [0.1, 0.15) is 60.2 Å². The molecule has 1 aliphatic heterocycles. The number of nitrogens with one attached hydrogen (secondary N) is 2. The molecule has 64 heavy (non-hydrogen) atoms. The summed E-state index contributed by atoms with van der Waals surface area (Å²) in [5.41, 5.74) is 1.79. The predicted molar refractivity (Wildman–Crippen MR) is 239 cm³/mol. The molecule has 0 spiro atoms. The molecule has 3 aromatic rings. The molecule has 3 unspecified atom stereocenters. The Balaban J connectivity index is 1.21. The minimum atomic E-state index is -1.57. The second-order valence-electron chi connectivity index (χ2n) is 16.7. The van der Waals surface area contributed by atoms with Crippen molar-refractivity contribution in [1.29, 1.82) is 0 Å². The number of carbonyl (C=O) groups is 2. The van der Waals surface area contributed by atoms with Gasteiger partial charge >= 0.3 is 6.09 Å². The van der Waals surface area contributed by atoms with Crippen LogP contribution in [-0.2, 0) is 27.1 Å². The lowest BCUT2D eigenvalue weighted by atomic mass is 9.99. The zero-order valence-electron chi connectivity index (χ0n) is 37.2. The molecule has 14 nitrogen and oxygen atoms in total. The fourth-order valence-electron chi connectivity index (χ4n) is 7.51. The lowest BCUT2D eigenvalue weighted by Crippen LogP contribution is -2.60. The van der Waals surface area contributed by atoms with E-state index in [2.05, 4.69) is 17.6 Å². The lowest BCUT2D eigenvalue weighted by Gasteiger charge is -2.39. The summed E-state index contributed by atoms with van der Waals surface area (Å²) in [5.74, 6) is 0.695. The van der Waals surface area contributed by atoms with Crippen LogP contribution in [0.15, 0.2) is 72.8 Å².